The van der Waals surface area contributed by atoms with E-state index in [1.54, 1.807) is 23.9 Å². The molecule has 2 aromatic rings. The van der Waals surface area contributed by atoms with Gasteiger partial charge in [-0.05, 0) is 18.6 Å². The fourth-order valence-electron chi connectivity index (χ4n) is 1.49. The van der Waals surface area contributed by atoms with E-state index in [0.29, 0.717) is 22.1 Å². The van der Waals surface area contributed by atoms with Crippen LogP contribution in [0.3, 0.4) is 0 Å². The van der Waals surface area contributed by atoms with Crippen LogP contribution in [0.5, 0.6) is 5.75 Å². The van der Waals surface area contributed by atoms with E-state index in [1.165, 1.54) is 0 Å². The van der Waals surface area contributed by atoms with E-state index in [2.05, 4.69) is 5.10 Å². The molecule has 0 radical (unpaired) electrons. The Labute approximate surface area is 98.3 Å². The van der Waals surface area contributed by atoms with Crippen molar-refractivity contribution in [3.8, 4) is 17.0 Å². The van der Waals surface area contributed by atoms with Gasteiger partial charge in [-0.3, -0.25) is 4.68 Å². The van der Waals surface area contributed by atoms with Crippen LogP contribution in [-0.2, 0) is 7.05 Å². The van der Waals surface area contributed by atoms with Gasteiger partial charge >= 0.3 is 0 Å². The topological polar surface area (TPSA) is 64.1 Å². The van der Waals surface area contributed by atoms with Gasteiger partial charge in [0.15, 0.2) is 0 Å². The first-order valence-electron chi connectivity index (χ1n) is 4.78. The number of hydrogen-bond acceptors (Lipinski definition) is 3. The molecule has 0 unspecified atom stereocenters. The molecule has 0 saturated heterocycles. The van der Waals surface area contributed by atoms with Crippen molar-refractivity contribution in [2.75, 3.05) is 5.73 Å². The summed E-state index contributed by atoms with van der Waals surface area (Å²) < 4.78 is 1.54. The van der Waals surface area contributed by atoms with Gasteiger partial charge in [0.2, 0.25) is 0 Å². The normalized spacial score (nSPS) is 10.7. The van der Waals surface area contributed by atoms with Crippen LogP contribution in [0.15, 0.2) is 18.2 Å². The van der Waals surface area contributed by atoms with E-state index in [0.717, 1.165) is 5.56 Å². The van der Waals surface area contributed by atoms with Crippen molar-refractivity contribution in [2.45, 2.75) is 6.92 Å². The number of nitrogen functional groups attached to an aromatic ring is 1. The van der Waals surface area contributed by atoms with Crippen LogP contribution in [0.2, 0.25) is 5.02 Å². The zero-order chi connectivity index (χ0) is 11.9. The Morgan fingerprint density at radius 2 is 2.12 bits per heavy atom. The number of rotatable bonds is 1. The van der Waals surface area contributed by atoms with Crippen molar-refractivity contribution < 1.29 is 5.11 Å². The Bertz CT molecular complexity index is 529. The number of nitrogens with zero attached hydrogens (tertiary/aromatic N) is 2. The Kier molecular flexibility index (Phi) is 2.52. The fraction of sp³-hybridized carbons (Fsp3) is 0.182. The third-order valence-electron chi connectivity index (χ3n) is 2.50. The predicted molar refractivity (Wildman–Crippen MR) is 64.5 cm³/mol. The molecule has 4 nitrogen and oxygen atoms in total. The summed E-state index contributed by atoms with van der Waals surface area (Å²) >= 11 is 5.96. The summed E-state index contributed by atoms with van der Waals surface area (Å²) in [6, 6.07) is 5.31. The first kappa shape index (κ1) is 10.8. The minimum absolute atomic E-state index is 0.0415. The molecule has 0 bridgehead atoms. The predicted octanol–water partition coefficient (Wildman–Crippen LogP) is 2.34. The number of nitrogens with two attached hydrogens (primary N) is 1. The molecule has 0 spiro atoms. The lowest BCUT2D eigenvalue weighted by molar-refractivity contribution is 0.477. The molecule has 5 heteroatoms. The van der Waals surface area contributed by atoms with Crippen LogP contribution in [-0.4, -0.2) is 14.9 Å². The molecular formula is C11H12ClN3O. The summed E-state index contributed by atoms with van der Waals surface area (Å²) in [5, 5.41) is 14.4. The fourth-order valence-corrected chi connectivity index (χ4v) is 1.65. The average Bonchev–Trinajstić information content (AvgIpc) is 2.56. The monoisotopic (exact) mass is 237 g/mol. The van der Waals surface area contributed by atoms with Gasteiger partial charge in [0.25, 0.3) is 0 Å². The highest BCUT2D eigenvalue weighted by molar-refractivity contribution is 6.33. The molecule has 1 aromatic carbocycles. The van der Waals surface area contributed by atoms with Crippen molar-refractivity contribution in [3.63, 3.8) is 0 Å². The number of aromatic nitrogens is 2. The highest BCUT2D eigenvalue weighted by atomic mass is 35.5. The second kappa shape index (κ2) is 3.72. The molecule has 2 rings (SSSR count). The molecule has 0 fully saturated rings. The van der Waals surface area contributed by atoms with Crippen LogP contribution in [0.1, 0.15) is 5.56 Å². The largest absolute Gasteiger partial charge is 0.506 e. The molecule has 0 atom stereocenters. The number of aromatic hydroxyl groups is 1. The lowest BCUT2D eigenvalue weighted by Gasteiger charge is -2.05. The molecule has 0 amide bonds. The van der Waals surface area contributed by atoms with Crippen molar-refractivity contribution in [2.24, 2.45) is 7.05 Å². The van der Waals surface area contributed by atoms with E-state index in [9.17, 15) is 5.11 Å². The molecule has 0 saturated carbocycles. The van der Waals surface area contributed by atoms with Crippen LogP contribution in [0.25, 0.3) is 11.3 Å². The van der Waals surface area contributed by atoms with Crippen LogP contribution in [0, 0.1) is 6.92 Å². The van der Waals surface area contributed by atoms with Gasteiger partial charge in [0.1, 0.15) is 11.6 Å². The van der Waals surface area contributed by atoms with Gasteiger partial charge in [-0.25, -0.2) is 0 Å². The minimum Gasteiger partial charge on any atom is -0.506 e. The van der Waals surface area contributed by atoms with Crippen LogP contribution < -0.4 is 5.73 Å². The number of hydrogen-bond donors (Lipinski definition) is 2. The van der Waals surface area contributed by atoms with E-state index in [-0.39, 0.29) is 5.75 Å². The summed E-state index contributed by atoms with van der Waals surface area (Å²) in [5.41, 5.74) is 7.70. The number of phenols is 1. The van der Waals surface area contributed by atoms with Crippen molar-refractivity contribution in [3.05, 3.63) is 28.8 Å². The Balaban J connectivity index is 2.61. The maximum absolute atomic E-state index is 9.91. The Morgan fingerprint density at radius 1 is 1.44 bits per heavy atom. The maximum atomic E-state index is 9.91. The molecular weight excluding hydrogens is 226 g/mol. The van der Waals surface area contributed by atoms with E-state index in [1.807, 2.05) is 13.0 Å². The van der Waals surface area contributed by atoms with Crippen LogP contribution >= 0.6 is 11.6 Å². The quantitative estimate of drug-likeness (QED) is 0.800. The lowest BCUT2D eigenvalue weighted by atomic mass is 10.1. The number of anilines is 1. The van der Waals surface area contributed by atoms with Crippen molar-refractivity contribution in [1.29, 1.82) is 0 Å². The Hall–Kier alpha value is -1.68. The van der Waals surface area contributed by atoms with E-state index >= 15 is 0 Å². The smallest absolute Gasteiger partial charge is 0.143 e. The average molecular weight is 238 g/mol. The van der Waals surface area contributed by atoms with Gasteiger partial charge in [-0.15, -0.1) is 0 Å². The molecule has 1 heterocycles. The summed E-state index contributed by atoms with van der Waals surface area (Å²) in [7, 11) is 1.74. The first-order valence-corrected chi connectivity index (χ1v) is 5.16. The SMILES string of the molecule is Cc1ccc(-c2cc(N)n(C)n2)c(O)c1Cl. The molecule has 0 aliphatic rings. The second-order valence-corrected chi connectivity index (χ2v) is 4.05. The third kappa shape index (κ3) is 1.61. The zero-order valence-corrected chi connectivity index (χ0v) is 9.78. The van der Waals surface area contributed by atoms with Crippen molar-refractivity contribution >= 4 is 17.4 Å². The van der Waals surface area contributed by atoms with E-state index < -0.39 is 0 Å². The molecule has 0 aliphatic carbocycles. The summed E-state index contributed by atoms with van der Waals surface area (Å²) in [4.78, 5) is 0. The van der Waals surface area contributed by atoms with Gasteiger partial charge in [0, 0.05) is 18.7 Å². The highest BCUT2D eigenvalue weighted by Crippen LogP contribution is 2.36. The van der Waals surface area contributed by atoms with Gasteiger partial charge in [-0.1, -0.05) is 17.7 Å². The van der Waals surface area contributed by atoms with E-state index in [4.69, 9.17) is 17.3 Å². The summed E-state index contributed by atoms with van der Waals surface area (Å²) in [5.74, 6) is 0.575. The summed E-state index contributed by atoms with van der Waals surface area (Å²) in [6.45, 7) is 1.83. The number of phenolic OH excluding ortho intramolecular Hbond substituents is 1. The van der Waals surface area contributed by atoms with Crippen LogP contribution in [0.4, 0.5) is 5.82 Å². The summed E-state index contributed by atoms with van der Waals surface area (Å²) in [6.07, 6.45) is 0. The number of benzene rings is 1. The number of aryl methyl sites for hydroxylation is 2. The first-order chi connectivity index (χ1) is 7.50. The van der Waals surface area contributed by atoms with Crippen molar-refractivity contribution in [1.82, 2.24) is 9.78 Å². The zero-order valence-electron chi connectivity index (χ0n) is 9.03. The van der Waals surface area contributed by atoms with Gasteiger partial charge in [-0.2, -0.15) is 5.10 Å². The third-order valence-corrected chi connectivity index (χ3v) is 2.98. The highest BCUT2D eigenvalue weighted by Gasteiger charge is 2.13. The number of halogens is 1. The molecule has 1 aromatic heterocycles. The lowest BCUT2D eigenvalue weighted by Crippen LogP contribution is -1.96. The molecule has 0 aliphatic heterocycles. The standard InChI is InChI=1S/C11H12ClN3O/c1-6-3-4-7(11(16)10(6)12)8-5-9(13)15(2)14-8/h3-5,16H,13H2,1-2H3. The Morgan fingerprint density at radius 3 is 2.69 bits per heavy atom. The van der Waals surface area contributed by atoms with Gasteiger partial charge < -0.3 is 10.8 Å². The molecule has 3 N–H and O–H groups in total. The minimum atomic E-state index is 0.0415. The second-order valence-electron chi connectivity index (χ2n) is 3.67. The molecule has 16 heavy (non-hydrogen) atoms. The van der Waals surface area contributed by atoms with Gasteiger partial charge in [0.05, 0.1) is 10.7 Å². The molecule has 84 valence electrons. The maximum Gasteiger partial charge on any atom is 0.143 e.